The molecule has 1 aromatic rings. The summed E-state index contributed by atoms with van der Waals surface area (Å²) >= 11 is 3.33. The number of carbonyl (C=O) groups excluding carboxylic acids is 3. The molecule has 7 nitrogen and oxygen atoms in total. The predicted molar refractivity (Wildman–Crippen MR) is 94.2 cm³/mol. The first-order valence-electron chi connectivity index (χ1n) is 8.10. The number of halogens is 1. The van der Waals surface area contributed by atoms with Crippen LogP contribution in [0.3, 0.4) is 0 Å². The third kappa shape index (κ3) is 4.50. The zero-order valence-corrected chi connectivity index (χ0v) is 15.8. The molecule has 1 aliphatic heterocycles. The summed E-state index contributed by atoms with van der Waals surface area (Å²) in [5.41, 5.74) is -0.916. The van der Waals surface area contributed by atoms with Crippen LogP contribution in [0.5, 0.6) is 5.75 Å². The van der Waals surface area contributed by atoms with Gasteiger partial charge in [-0.3, -0.25) is 14.5 Å². The number of imide groups is 1. The van der Waals surface area contributed by atoms with Crippen LogP contribution >= 0.6 is 15.9 Å². The third-order valence-corrected chi connectivity index (χ3v) is 4.64. The lowest BCUT2D eigenvalue weighted by molar-refractivity contribution is -0.148. The molecule has 1 saturated heterocycles. The summed E-state index contributed by atoms with van der Waals surface area (Å²) in [6, 6.07) is 6.73. The van der Waals surface area contributed by atoms with Gasteiger partial charge in [0.15, 0.2) is 0 Å². The minimum Gasteiger partial charge on any atom is -0.490 e. The number of hydrogen-bond acceptors (Lipinski definition) is 5. The van der Waals surface area contributed by atoms with Crippen molar-refractivity contribution < 1.29 is 23.9 Å². The van der Waals surface area contributed by atoms with Crippen molar-refractivity contribution in [2.45, 2.75) is 32.2 Å². The molecule has 8 heteroatoms. The van der Waals surface area contributed by atoms with Gasteiger partial charge < -0.3 is 14.8 Å². The van der Waals surface area contributed by atoms with E-state index in [2.05, 4.69) is 21.2 Å². The lowest BCUT2D eigenvalue weighted by Crippen LogP contribution is -2.46. The Bertz CT molecular complexity index is 660. The van der Waals surface area contributed by atoms with Gasteiger partial charge in [-0.15, -0.1) is 0 Å². The molecule has 0 atom stereocenters. The van der Waals surface area contributed by atoms with Gasteiger partial charge in [-0.1, -0.05) is 35.8 Å². The van der Waals surface area contributed by atoms with Crippen LogP contribution in [0.15, 0.2) is 28.7 Å². The molecule has 0 unspecified atom stereocenters. The zero-order chi connectivity index (χ0) is 18.4. The smallest absolute Gasteiger partial charge is 0.326 e. The van der Waals surface area contributed by atoms with Gasteiger partial charge in [0.05, 0.1) is 0 Å². The zero-order valence-electron chi connectivity index (χ0n) is 14.2. The number of esters is 1. The van der Waals surface area contributed by atoms with Crippen molar-refractivity contribution in [1.82, 2.24) is 10.2 Å². The van der Waals surface area contributed by atoms with E-state index in [9.17, 15) is 14.4 Å². The molecule has 1 N–H and O–H groups in total. The standard InChI is InChI=1S/C17H21BrN2O5/c1-3-17(4-2)15(22)20(16(23)19-17)11-14(21)25-9-8-24-13-7-5-6-12(18)10-13/h5-7,10H,3-4,8-9,11H2,1-2H3,(H,19,23). The highest BCUT2D eigenvalue weighted by Gasteiger charge is 2.49. The van der Waals surface area contributed by atoms with Crippen molar-refractivity contribution in [1.29, 1.82) is 0 Å². The molecule has 0 aliphatic carbocycles. The number of rotatable bonds is 8. The van der Waals surface area contributed by atoms with Crippen LogP contribution in [0, 0.1) is 0 Å². The Morgan fingerprint density at radius 1 is 1.24 bits per heavy atom. The maximum Gasteiger partial charge on any atom is 0.326 e. The molecule has 2 rings (SSSR count). The second kappa shape index (κ2) is 8.33. The fourth-order valence-electron chi connectivity index (χ4n) is 2.60. The highest BCUT2D eigenvalue weighted by Crippen LogP contribution is 2.24. The molecule has 0 bridgehead atoms. The highest BCUT2D eigenvalue weighted by atomic mass is 79.9. The van der Waals surface area contributed by atoms with Gasteiger partial charge in [0.1, 0.15) is 31.0 Å². The van der Waals surface area contributed by atoms with Crippen molar-refractivity contribution in [3.8, 4) is 5.75 Å². The highest BCUT2D eigenvalue weighted by molar-refractivity contribution is 9.10. The molecule has 1 fully saturated rings. The fourth-order valence-corrected chi connectivity index (χ4v) is 2.97. The van der Waals surface area contributed by atoms with Crippen molar-refractivity contribution >= 4 is 33.8 Å². The Labute approximate surface area is 154 Å². The minimum atomic E-state index is -0.916. The molecule has 0 aromatic heterocycles. The number of urea groups is 1. The van der Waals surface area contributed by atoms with E-state index in [4.69, 9.17) is 9.47 Å². The summed E-state index contributed by atoms with van der Waals surface area (Å²) in [7, 11) is 0. The van der Waals surface area contributed by atoms with Crippen LogP contribution in [0.25, 0.3) is 0 Å². The Morgan fingerprint density at radius 3 is 2.56 bits per heavy atom. The monoisotopic (exact) mass is 412 g/mol. The lowest BCUT2D eigenvalue weighted by atomic mass is 9.93. The number of ether oxygens (including phenoxy) is 2. The van der Waals surface area contributed by atoms with Gasteiger partial charge in [-0.05, 0) is 31.0 Å². The topological polar surface area (TPSA) is 84.9 Å². The molecule has 25 heavy (non-hydrogen) atoms. The molecular formula is C17H21BrN2O5. The van der Waals surface area contributed by atoms with Crippen LogP contribution in [0.1, 0.15) is 26.7 Å². The van der Waals surface area contributed by atoms with E-state index in [1.807, 2.05) is 26.0 Å². The summed E-state index contributed by atoms with van der Waals surface area (Å²) in [6.07, 6.45) is 0.945. The van der Waals surface area contributed by atoms with Crippen LogP contribution in [0.4, 0.5) is 4.79 Å². The first-order chi connectivity index (χ1) is 11.9. The fraction of sp³-hybridized carbons (Fsp3) is 0.471. The largest absolute Gasteiger partial charge is 0.490 e. The molecule has 3 amide bonds. The van der Waals surface area contributed by atoms with Crippen molar-refractivity contribution in [2.75, 3.05) is 19.8 Å². The quantitative estimate of drug-likeness (QED) is 0.402. The van der Waals surface area contributed by atoms with Crippen molar-refractivity contribution in [3.05, 3.63) is 28.7 Å². The molecule has 0 radical (unpaired) electrons. The summed E-state index contributed by atoms with van der Waals surface area (Å²) in [5, 5.41) is 2.67. The number of benzene rings is 1. The molecule has 1 aliphatic rings. The molecule has 0 saturated carbocycles. The number of nitrogens with one attached hydrogen (secondary N) is 1. The van der Waals surface area contributed by atoms with Gasteiger partial charge in [0, 0.05) is 4.47 Å². The van der Waals surface area contributed by atoms with Gasteiger partial charge in [0.25, 0.3) is 5.91 Å². The Hall–Kier alpha value is -2.09. The maximum atomic E-state index is 12.4. The number of carbonyl (C=O) groups is 3. The van der Waals surface area contributed by atoms with E-state index in [1.165, 1.54) is 0 Å². The third-order valence-electron chi connectivity index (χ3n) is 4.15. The molecule has 1 heterocycles. The number of hydrogen-bond donors (Lipinski definition) is 1. The summed E-state index contributed by atoms with van der Waals surface area (Å²) in [5.74, 6) is -0.385. The van der Waals surface area contributed by atoms with E-state index >= 15 is 0 Å². The van der Waals surface area contributed by atoms with Crippen LogP contribution < -0.4 is 10.1 Å². The van der Waals surface area contributed by atoms with Crippen LogP contribution in [0.2, 0.25) is 0 Å². The minimum absolute atomic E-state index is 0.0295. The average Bonchev–Trinajstić information content (AvgIpc) is 2.83. The summed E-state index contributed by atoms with van der Waals surface area (Å²) in [6.45, 7) is 3.45. The molecule has 136 valence electrons. The Morgan fingerprint density at radius 2 is 1.96 bits per heavy atom. The SMILES string of the molecule is CCC1(CC)NC(=O)N(CC(=O)OCCOc2cccc(Br)c2)C1=O. The molecular weight excluding hydrogens is 392 g/mol. The van der Waals surface area contributed by atoms with Gasteiger partial charge in [0.2, 0.25) is 0 Å². The second-order valence-electron chi connectivity index (χ2n) is 5.64. The normalized spacial score (nSPS) is 15.9. The maximum absolute atomic E-state index is 12.4. The van der Waals surface area contributed by atoms with Crippen molar-refractivity contribution in [2.24, 2.45) is 0 Å². The van der Waals surface area contributed by atoms with E-state index in [-0.39, 0.29) is 19.1 Å². The van der Waals surface area contributed by atoms with E-state index in [0.29, 0.717) is 18.6 Å². The molecule has 0 spiro atoms. The second-order valence-corrected chi connectivity index (χ2v) is 6.55. The first kappa shape index (κ1) is 19.2. The Balaban J connectivity index is 1.78. The van der Waals surface area contributed by atoms with Crippen LogP contribution in [-0.2, 0) is 14.3 Å². The van der Waals surface area contributed by atoms with E-state index in [0.717, 1.165) is 9.37 Å². The van der Waals surface area contributed by atoms with Gasteiger partial charge >= 0.3 is 12.0 Å². The first-order valence-corrected chi connectivity index (χ1v) is 8.89. The average molecular weight is 413 g/mol. The van der Waals surface area contributed by atoms with Gasteiger partial charge in [-0.25, -0.2) is 4.79 Å². The molecule has 1 aromatic carbocycles. The van der Waals surface area contributed by atoms with E-state index in [1.54, 1.807) is 12.1 Å². The summed E-state index contributed by atoms with van der Waals surface area (Å²) in [4.78, 5) is 37.1. The Kier molecular flexibility index (Phi) is 6.41. The van der Waals surface area contributed by atoms with Crippen molar-refractivity contribution in [3.63, 3.8) is 0 Å². The van der Waals surface area contributed by atoms with E-state index < -0.39 is 24.1 Å². The predicted octanol–water partition coefficient (Wildman–Crippen LogP) is 2.48. The number of nitrogens with zero attached hydrogens (tertiary/aromatic N) is 1. The number of amides is 3. The summed E-state index contributed by atoms with van der Waals surface area (Å²) < 4.78 is 11.4. The van der Waals surface area contributed by atoms with Gasteiger partial charge in [-0.2, -0.15) is 0 Å². The lowest BCUT2D eigenvalue weighted by Gasteiger charge is -2.22. The van der Waals surface area contributed by atoms with Crippen LogP contribution in [-0.4, -0.2) is 48.1 Å².